The normalized spacial score (nSPS) is 30.9. The minimum Gasteiger partial charge on any atom is -0.388 e. The summed E-state index contributed by atoms with van der Waals surface area (Å²) in [6, 6.07) is -0.440. The maximum Gasteiger partial charge on any atom is 0.279 e. The van der Waals surface area contributed by atoms with Crippen molar-refractivity contribution in [1.29, 1.82) is 0 Å². The first-order valence-corrected chi connectivity index (χ1v) is 9.28. The van der Waals surface area contributed by atoms with Crippen molar-refractivity contribution in [2.45, 2.75) is 70.3 Å². The van der Waals surface area contributed by atoms with Crippen molar-refractivity contribution in [3.05, 3.63) is 0 Å². The lowest BCUT2D eigenvalue weighted by Crippen LogP contribution is -2.56. The fourth-order valence-corrected chi connectivity index (χ4v) is 3.70. The monoisotopic (exact) mass is 331 g/mol. The third kappa shape index (κ3) is 4.37. The van der Waals surface area contributed by atoms with Crippen LogP contribution >= 0.6 is 11.8 Å². The van der Waals surface area contributed by atoms with Crippen LogP contribution in [-0.4, -0.2) is 53.7 Å². The van der Waals surface area contributed by atoms with Gasteiger partial charge in [-0.25, -0.2) is 0 Å². The van der Waals surface area contributed by atoms with Crippen LogP contribution in [0.25, 0.3) is 0 Å². The Morgan fingerprint density at radius 2 is 2.14 bits per heavy atom. The van der Waals surface area contributed by atoms with Gasteiger partial charge in [-0.2, -0.15) is 0 Å². The maximum absolute atomic E-state index is 11.7. The predicted molar refractivity (Wildman–Crippen MR) is 88.2 cm³/mol. The van der Waals surface area contributed by atoms with E-state index in [1.54, 1.807) is 20.1 Å². The molecule has 0 aromatic carbocycles. The van der Waals surface area contributed by atoms with Crippen molar-refractivity contribution in [3.63, 3.8) is 0 Å². The molecule has 2 aliphatic heterocycles. The van der Waals surface area contributed by atoms with Gasteiger partial charge in [-0.1, -0.05) is 11.8 Å². The summed E-state index contributed by atoms with van der Waals surface area (Å²) in [4.78, 5) is 11.7. The molecule has 22 heavy (non-hydrogen) atoms. The number of hydrogen-bond acceptors (Lipinski definition) is 5. The highest BCUT2D eigenvalue weighted by Crippen LogP contribution is 2.43. The number of ether oxygens (including phenoxy) is 2. The topological polar surface area (TPSA) is 67.8 Å². The van der Waals surface area contributed by atoms with Crippen LogP contribution in [0.4, 0.5) is 4.79 Å². The van der Waals surface area contributed by atoms with Gasteiger partial charge >= 0.3 is 0 Å². The van der Waals surface area contributed by atoms with E-state index in [4.69, 9.17) is 9.47 Å². The molecule has 5 nitrogen and oxygen atoms in total. The van der Waals surface area contributed by atoms with Crippen LogP contribution in [0.15, 0.2) is 0 Å². The first kappa shape index (κ1) is 18.0. The molecule has 0 aromatic heterocycles. The second-order valence-corrected chi connectivity index (χ2v) is 8.07. The number of nitrogens with one attached hydrogen (secondary N) is 1. The largest absolute Gasteiger partial charge is 0.388 e. The molecular weight excluding hydrogens is 302 g/mol. The van der Waals surface area contributed by atoms with Crippen molar-refractivity contribution in [2.24, 2.45) is 5.41 Å². The number of fused-ring (bicyclic) bond motifs is 3. The molecule has 2 unspecified atom stereocenters. The van der Waals surface area contributed by atoms with Gasteiger partial charge in [0.05, 0.1) is 37.1 Å². The van der Waals surface area contributed by atoms with Gasteiger partial charge in [0.15, 0.2) is 0 Å². The number of rotatable bonds is 6. The SMILES string of the molecule is CSC(=O)NC(C(C)OCC12CCC(CC1)OC2)C(C)(C)O. The van der Waals surface area contributed by atoms with E-state index in [9.17, 15) is 9.90 Å². The van der Waals surface area contributed by atoms with Crippen LogP contribution in [0.3, 0.4) is 0 Å². The number of aliphatic hydroxyl groups is 1. The number of thioether (sulfide) groups is 1. The number of carbonyl (C=O) groups is 1. The molecule has 0 aromatic rings. The van der Waals surface area contributed by atoms with E-state index in [1.165, 1.54) is 0 Å². The summed E-state index contributed by atoms with van der Waals surface area (Å²) in [5.41, 5.74) is -0.917. The lowest BCUT2D eigenvalue weighted by Gasteiger charge is -2.47. The Morgan fingerprint density at radius 1 is 1.50 bits per heavy atom. The molecule has 3 rings (SSSR count). The summed E-state index contributed by atoms with van der Waals surface area (Å²) in [7, 11) is 0. The van der Waals surface area contributed by atoms with Crippen molar-refractivity contribution < 1.29 is 19.4 Å². The Balaban J connectivity index is 1.92. The number of amides is 1. The second kappa shape index (κ2) is 7.07. The highest BCUT2D eigenvalue weighted by atomic mass is 32.2. The Kier molecular flexibility index (Phi) is 5.80. The molecule has 2 saturated heterocycles. The quantitative estimate of drug-likeness (QED) is 0.783. The average molecular weight is 331 g/mol. The predicted octanol–water partition coefficient (Wildman–Crippen LogP) is 2.56. The Hall–Kier alpha value is -0.300. The first-order chi connectivity index (χ1) is 10.3. The zero-order chi connectivity index (χ0) is 16.4. The summed E-state index contributed by atoms with van der Waals surface area (Å²) in [5.74, 6) is 0. The molecule has 3 fully saturated rings. The zero-order valence-electron chi connectivity index (χ0n) is 14.1. The molecule has 6 heteroatoms. The summed E-state index contributed by atoms with van der Waals surface area (Å²) in [6.45, 7) is 6.71. The number of hydrogen-bond donors (Lipinski definition) is 2. The first-order valence-electron chi connectivity index (χ1n) is 8.06. The Bertz CT molecular complexity index is 374. The van der Waals surface area contributed by atoms with Gasteiger partial charge in [0.25, 0.3) is 5.24 Å². The highest BCUT2D eigenvalue weighted by molar-refractivity contribution is 8.12. The minimum absolute atomic E-state index is 0.122. The van der Waals surface area contributed by atoms with Gasteiger partial charge in [-0.3, -0.25) is 4.79 Å². The summed E-state index contributed by atoms with van der Waals surface area (Å²) in [6.07, 6.45) is 6.45. The van der Waals surface area contributed by atoms with Crippen molar-refractivity contribution in [1.82, 2.24) is 5.32 Å². The van der Waals surface area contributed by atoms with Crippen LogP contribution in [0, 0.1) is 5.41 Å². The molecular formula is C16H29NO4S. The van der Waals surface area contributed by atoms with Crippen LogP contribution in [0.5, 0.6) is 0 Å². The van der Waals surface area contributed by atoms with E-state index in [1.807, 2.05) is 6.92 Å². The molecule has 1 saturated carbocycles. The second-order valence-electron chi connectivity index (χ2n) is 7.29. The lowest BCUT2D eigenvalue weighted by atomic mass is 9.72. The van der Waals surface area contributed by atoms with Gasteiger partial charge < -0.3 is 19.9 Å². The summed E-state index contributed by atoms with van der Waals surface area (Å²) in [5, 5.41) is 13.0. The molecule has 2 bridgehead atoms. The fourth-order valence-electron chi connectivity index (χ4n) is 3.45. The van der Waals surface area contributed by atoms with E-state index in [2.05, 4.69) is 5.32 Å². The molecule has 128 valence electrons. The molecule has 0 spiro atoms. The van der Waals surface area contributed by atoms with E-state index < -0.39 is 11.6 Å². The third-order valence-electron chi connectivity index (χ3n) is 4.96. The third-order valence-corrected chi connectivity index (χ3v) is 5.45. The number of carbonyl (C=O) groups excluding carboxylic acids is 1. The van der Waals surface area contributed by atoms with Gasteiger partial charge in [0, 0.05) is 5.41 Å². The molecule has 2 N–H and O–H groups in total. The highest BCUT2D eigenvalue weighted by Gasteiger charge is 2.43. The van der Waals surface area contributed by atoms with Gasteiger partial charge in [0.1, 0.15) is 0 Å². The van der Waals surface area contributed by atoms with Crippen molar-refractivity contribution in [2.75, 3.05) is 19.5 Å². The smallest absolute Gasteiger partial charge is 0.279 e. The molecule has 1 aliphatic carbocycles. The molecule has 0 radical (unpaired) electrons. The molecule has 1 amide bonds. The molecule has 3 aliphatic rings. The van der Waals surface area contributed by atoms with Gasteiger partial charge in [-0.05, 0) is 52.7 Å². The lowest BCUT2D eigenvalue weighted by molar-refractivity contribution is -0.155. The van der Waals surface area contributed by atoms with Gasteiger partial charge in [0.2, 0.25) is 0 Å². The molecule has 2 heterocycles. The van der Waals surface area contributed by atoms with E-state index >= 15 is 0 Å². The summed E-state index contributed by atoms with van der Waals surface area (Å²) < 4.78 is 11.9. The van der Waals surface area contributed by atoms with Crippen molar-refractivity contribution >= 4 is 17.0 Å². The van der Waals surface area contributed by atoms with E-state index in [0.717, 1.165) is 44.1 Å². The van der Waals surface area contributed by atoms with Crippen LogP contribution < -0.4 is 5.32 Å². The minimum atomic E-state index is -1.04. The van der Waals surface area contributed by atoms with Crippen molar-refractivity contribution in [3.8, 4) is 0 Å². The van der Waals surface area contributed by atoms with Crippen LogP contribution in [-0.2, 0) is 9.47 Å². The van der Waals surface area contributed by atoms with Gasteiger partial charge in [-0.15, -0.1) is 0 Å². The Morgan fingerprint density at radius 3 is 2.59 bits per heavy atom. The van der Waals surface area contributed by atoms with E-state index in [0.29, 0.717) is 12.7 Å². The average Bonchev–Trinajstić information content (AvgIpc) is 2.51. The Labute approximate surface area is 137 Å². The maximum atomic E-state index is 11.7. The standard InChI is InChI=1S/C16H29NO4S/c1-11(13(15(2,3)19)17-14(18)22-4)20-9-16-7-5-12(6-8-16)21-10-16/h11-13,19H,5-10H2,1-4H3,(H,17,18). The molecule has 2 atom stereocenters. The summed E-state index contributed by atoms with van der Waals surface area (Å²) >= 11 is 1.11. The van der Waals surface area contributed by atoms with Crippen LogP contribution in [0.2, 0.25) is 0 Å². The van der Waals surface area contributed by atoms with Crippen LogP contribution in [0.1, 0.15) is 46.5 Å². The fraction of sp³-hybridized carbons (Fsp3) is 0.938. The van der Waals surface area contributed by atoms with E-state index in [-0.39, 0.29) is 16.8 Å². The zero-order valence-corrected chi connectivity index (χ0v) is 14.9.